The number of carboxylic acids is 1. The third kappa shape index (κ3) is 3.70. The molecule has 0 spiro atoms. The second-order valence-corrected chi connectivity index (χ2v) is 6.68. The van der Waals surface area contributed by atoms with Crippen molar-refractivity contribution < 1.29 is 19.4 Å². The lowest BCUT2D eigenvalue weighted by atomic mass is 10.0. The number of halogens is 1. The number of carboxylic acid groups (broad SMARTS) is 1. The summed E-state index contributed by atoms with van der Waals surface area (Å²) in [6.07, 6.45) is -0.0943. The van der Waals surface area contributed by atoms with Gasteiger partial charge in [0.25, 0.3) is 0 Å². The zero-order valence-electron chi connectivity index (χ0n) is 14.6. The Labute approximate surface area is 160 Å². The van der Waals surface area contributed by atoms with E-state index in [9.17, 15) is 9.90 Å². The smallest absolute Gasteiger partial charge is 0.307 e. The van der Waals surface area contributed by atoms with Crippen LogP contribution in [-0.4, -0.2) is 29.3 Å². The summed E-state index contributed by atoms with van der Waals surface area (Å²) in [4.78, 5) is 14.9. The van der Waals surface area contributed by atoms with Gasteiger partial charge in [0.2, 0.25) is 0 Å². The number of aliphatic carboxylic acids is 1. The molecule has 0 aliphatic carbocycles. The predicted octanol–water partition coefficient (Wildman–Crippen LogP) is 5.02. The normalized spacial score (nSPS) is 10.9. The molecule has 0 bridgehead atoms. The molecule has 1 aromatic heterocycles. The van der Waals surface area contributed by atoms with E-state index in [1.807, 2.05) is 50.2 Å². The average molecular weight is 418 g/mol. The second-order valence-electron chi connectivity index (χ2n) is 5.76. The summed E-state index contributed by atoms with van der Waals surface area (Å²) in [5.74, 6) is 0.539. The van der Waals surface area contributed by atoms with E-state index in [4.69, 9.17) is 9.47 Å². The standard InChI is InChI=1S/C20H20BrNO4/c1-3-25-13-6-7-17-14(10-13)15(11-19(23)24)20(22-17)16-9-12(21)5-8-18(16)26-4-2/h5-10,22H,3-4,11H2,1-2H3,(H,23,24). The largest absolute Gasteiger partial charge is 0.494 e. The van der Waals surface area contributed by atoms with Gasteiger partial charge < -0.3 is 19.6 Å². The first-order chi connectivity index (χ1) is 12.5. The van der Waals surface area contributed by atoms with Gasteiger partial charge in [-0.1, -0.05) is 15.9 Å². The highest BCUT2D eigenvalue weighted by Crippen LogP contribution is 2.38. The molecular formula is C20H20BrNO4. The van der Waals surface area contributed by atoms with Crippen LogP contribution in [0.4, 0.5) is 0 Å². The lowest BCUT2D eigenvalue weighted by Gasteiger charge is -2.11. The first-order valence-electron chi connectivity index (χ1n) is 8.45. The van der Waals surface area contributed by atoms with Crippen LogP contribution in [0.3, 0.4) is 0 Å². The Hall–Kier alpha value is -2.47. The first-order valence-corrected chi connectivity index (χ1v) is 9.24. The lowest BCUT2D eigenvalue weighted by molar-refractivity contribution is -0.136. The molecule has 26 heavy (non-hydrogen) atoms. The highest BCUT2D eigenvalue weighted by Gasteiger charge is 2.19. The van der Waals surface area contributed by atoms with Gasteiger partial charge in [0.1, 0.15) is 11.5 Å². The number of aromatic nitrogens is 1. The van der Waals surface area contributed by atoms with Crippen LogP contribution in [0, 0.1) is 0 Å². The SMILES string of the molecule is CCOc1ccc2[nH]c(-c3cc(Br)ccc3OCC)c(CC(=O)O)c2c1. The number of rotatable bonds is 7. The number of hydrogen-bond donors (Lipinski definition) is 2. The van der Waals surface area contributed by atoms with E-state index in [0.29, 0.717) is 24.5 Å². The molecule has 0 atom stereocenters. The van der Waals surface area contributed by atoms with Crippen molar-refractivity contribution >= 4 is 32.8 Å². The van der Waals surface area contributed by atoms with Gasteiger partial charge in [-0.25, -0.2) is 0 Å². The summed E-state index contributed by atoms with van der Waals surface area (Å²) in [7, 11) is 0. The quantitative estimate of drug-likeness (QED) is 0.565. The van der Waals surface area contributed by atoms with Crippen molar-refractivity contribution in [2.45, 2.75) is 20.3 Å². The minimum Gasteiger partial charge on any atom is -0.494 e. The zero-order valence-corrected chi connectivity index (χ0v) is 16.2. The molecule has 5 nitrogen and oxygen atoms in total. The van der Waals surface area contributed by atoms with Crippen molar-refractivity contribution in [1.82, 2.24) is 4.98 Å². The fourth-order valence-electron chi connectivity index (χ4n) is 3.03. The van der Waals surface area contributed by atoms with E-state index in [2.05, 4.69) is 20.9 Å². The maximum Gasteiger partial charge on any atom is 0.307 e. The molecule has 1 heterocycles. The van der Waals surface area contributed by atoms with Crippen molar-refractivity contribution in [2.24, 2.45) is 0 Å². The highest BCUT2D eigenvalue weighted by atomic mass is 79.9. The molecule has 0 radical (unpaired) electrons. The monoisotopic (exact) mass is 417 g/mol. The van der Waals surface area contributed by atoms with Gasteiger partial charge in [-0.2, -0.15) is 0 Å². The Bertz CT molecular complexity index is 948. The second kappa shape index (κ2) is 7.83. The van der Waals surface area contributed by atoms with Crippen molar-refractivity contribution in [3.05, 3.63) is 46.4 Å². The molecule has 3 rings (SSSR count). The molecule has 0 saturated heterocycles. The van der Waals surface area contributed by atoms with Gasteiger partial charge >= 0.3 is 5.97 Å². The number of nitrogens with one attached hydrogen (secondary N) is 1. The Morgan fingerprint density at radius 2 is 1.88 bits per heavy atom. The van der Waals surface area contributed by atoms with Crippen LogP contribution in [0.25, 0.3) is 22.2 Å². The molecule has 2 N–H and O–H groups in total. The van der Waals surface area contributed by atoms with Crippen LogP contribution < -0.4 is 9.47 Å². The van der Waals surface area contributed by atoms with Crippen LogP contribution in [-0.2, 0) is 11.2 Å². The maximum absolute atomic E-state index is 11.5. The number of hydrogen-bond acceptors (Lipinski definition) is 3. The van der Waals surface area contributed by atoms with E-state index in [-0.39, 0.29) is 6.42 Å². The van der Waals surface area contributed by atoms with E-state index in [1.165, 1.54) is 0 Å². The van der Waals surface area contributed by atoms with Crippen molar-refractivity contribution in [3.8, 4) is 22.8 Å². The minimum absolute atomic E-state index is 0.0943. The Kier molecular flexibility index (Phi) is 5.52. The number of aromatic amines is 1. The molecule has 0 aliphatic rings. The Morgan fingerprint density at radius 1 is 1.12 bits per heavy atom. The van der Waals surface area contributed by atoms with Crippen LogP contribution >= 0.6 is 15.9 Å². The molecule has 136 valence electrons. The van der Waals surface area contributed by atoms with Crippen LogP contribution in [0.1, 0.15) is 19.4 Å². The summed E-state index contributed by atoms with van der Waals surface area (Å²) in [6, 6.07) is 11.4. The summed E-state index contributed by atoms with van der Waals surface area (Å²) in [5.41, 5.74) is 3.16. The fraction of sp³-hybridized carbons (Fsp3) is 0.250. The number of fused-ring (bicyclic) bond motifs is 1. The van der Waals surface area contributed by atoms with Gasteiger partial charge in [0.05, 0.1) is 25.3 Å². The van der Waals surface area contributed by atoms with Crippen molar-refractivity contribution in [2.75, 3.05) is 13.2 Å². The number of benzene rings is 2. The molecule has 2 aromatic carbocycles. The lowest BCUT2D eigenvalue weighted by Crippen LogP contribution is -2.02. The van der Waals surface area contributed by atoms with Crippen LogP contribution in [0.2, 0.25) is 0 Å². The molecular weight excluding hydrogens is 398 g/mol. The van der Waals surface area contributed by atoms with E-state index < -0.39 is 5.97 Å². The summed E-state index contributed by atoms with van der Waals surface area (Å²) in [5, 5.41) is 10.3. The third-order valence-corrected chi connectivity index (χ3v) is 4.52. The molecule has 0 aliphatic heterocycles. The van der Waals surface area contributed by atoms with Crippen LogP contribution in [0.5, 0.6) is 11.5 Å². The molecule has 0 amide bonds. The number of H-pyrrole nitrogens is 1. The predicted molar refractivity (Wildman–Crippen MR) is 105 cm³/mol. The van der Waals surface area contributed by atoms with Crippen LogP contribution in [0.15, 0.2) is 40.9 Å². The van der Waals surface area contributed by atoms with Gasteiger partial charge in [0, 0.05) is 20.9 Å². The summed E-state index contributed by atoms with van der Waals surface area (Å²) >= 11 is 3.49. The molecule has 3 aromatic rings. The zero-order chi connectivity index (χ0) is 18.7. The number of ether oxygens (including phenoxy) is 2. The van der Waals surface area contributed by atoms with Crippen molar-refractivity contribution in [3.63, 3.8) is 0 Å². The molecule has 0 unspecified atom stereocenters. The molecule has 0 fully saturated rings. The van der Waals surface area contributed by atoms with E-state index in [1.54, 1.807) is 0 Å². The molecule has 6 heteroatoms. The summed E-state index contributed by atoms with van der Waals surface area (Å²) in [6.45, 7) is 4.92. The number of carbonyl (C=O) groups is 1. The first kappa shape index (κ1) is 18.3. The van der Waals surface area contributed by atoms with Gasteiger partial charge in [-0.15, -0.1) is 0 Å². The average Bonchev–Trinajstić information content (AvgIpc) is 2.94. The van der Waals surface area contributed by atoms with Gasteiger partial charge in [-0.05, 0) is 55.8 Å². The Balaban J connectivity index is 2.25. The van der Waals surface area contributed by atoms with Gasteiger partial charge in [-0.3, -0.25) is 4.79 Å². The van der Waals surface area contributed by atoms with Gasteiger partial charge in [0.15, 0.2) is 0 Å². The Morgan fingerprint density at radius 3 is 2.58 bits per heavy atom. The fourth-order valence-corrected chi connectivity index (χ4v) is 3.39. The van der Waals surface area contributed by atoms with E-state index in [0.717, 1.165) is 32.4 Å². The topological polar surface area (TPSA) is 71.5 Å². The van der Waals surface area contributed by atoms with E-state index >= 15 is 0 Å². The molecule has 0 saturated carbocycles. The maximum atomic E-state index is 11.5. The van der Waals surface area contributed by atoms with Crippen molar-refractivity contribution in [1.29, 1.82) is 0 Å². The highest BCUT2D eigenvalue weighted by molar-refractivity contribution is 9.10. The third-order valence-electron chi connectivity index (χ3n) is 4.03. The summed E-state index contributed by atoms with van der Waals surface area (Å²) < 4.78 is 12.2. The minimum atomic E-state index is -0.887.